The molecule has 0 aliphatic carbocycles. The van der Waals surface area contributed by atoms with Crippen molar-refractivity contribution < 1.29 is 4.79 Å². The number of carbonyl (C=O) groups is 1. The van der Waals surface area contributed by atoms with Gasteiger partial charge in [0, 0.05) is 30.9 Å². The van der Waals surface area contributed by atoms with Crippen LogP contribution < -0.4 is 5.73 Å². The first-order chi connectivity index (χ1) is 10.2. The van der Waals surface area contributed by atoms with E-state index in [0.29, 0.717) is 11.3 Å². The number of piperidine rings is 1. The van der Waals surface area contributed by atoms with E-state index in [-0.39, 0.29) is 5.91 Å². The molecule has 0 bridgehead atoms. The summed E-state index contributed by atoms with van der Waals surface area (Å²) in [6, 6.07) is 7.30. The number of nitrogens with two attached hydrogens (primary N) is 1. The molecule has 0 spiro atoms. The average molecular weight is 287 g/mol. The van der Waals surface area contributed by atoms with Gasteiger partial charge in [-0.05, 0) is 62.9 Å². The molecule has 0 unspecified atom stereocenters. The summed E-state index contributed by atoms with van der Waals surface area (Å²) in [6.07, 6.45) is 4.97. The number of rotatable bonds is 3. The van der Waals surface area contributed by atoms with E-state index in [9.17, 15) is 4.79 Å². The van der Waals surface area contributed by atoms with Crippen LogP contribution in [0.1, 0.15) is 36.0 Å². The van der Waals surface area contributed by atoms with E-state index in [1.54, 1.807) is 6.07 Å². The van der Waals surface area contributed by atoms with Gasteiger partial charge in [-0.2, -0.15) is 0 Å². The van der Waals surface area contributed by atoms with E-state index in [1.807, 2.05) is 23.1 Å². The number of nitrogen functional groups attached to an aromatic ring is 1. The monoisotopic (exact) mass is 287 g/mol. The topological polar surface area (TPSA) is 49.6 Å². The second kappa shape index (κ2) is 6.48. The first-order valence-electron chi connectivity index (χ1n) is 8.09. The van der Waals surface area contributed by atoms with E-state index in [4.69, 9.17) is 5.73 Å². The number of hydrogen-bond acceptors (Lipinski definition) is 3. The van der Waals surface area contributed by atoms with Gasteiger partial charge in [-0.25, -0.2) is 0 Å². The standard InChI is InChI=1S/C17H25N3O/c18-16-5-3-4-15(12-16)17(21)20-10-6-14(7-11-20)13-19-8-1-2-9-19/h3-5,12,14H,1-2,6-11,13,18H2. The molecule has 2 saturated heterocycles. The quantitative estimate of drug-likeness (QED) is 0.867. The van der Waals surface area contributed by atoms with Crippen LogP contribution in [0.3, 0.4) is 0 Å². The van der Waals surface area contributed by atoms with Crippen molar-refractivity contribution in [1.29, 1.82) is 0 Å². The van der Waals surface area contributed by atoms with Crippen LogP contribution >= 0.6 is 0 Å². The second-order valence-corrected chi connectivity index (χ2v) is 6.37. The molecule has 2 fully saturated rings. The molecule has 3 rings (SSSR count). The van der Waals surface area contributed by atoms with Crippen molar-refractivity contribution in [2.45, 2.75) is 25.7 Å². The van der Waals surface area contributed by atoms with Gasteiger partial charge in [0.05, 0.1) is 0 Å². The fraction of sp³-hybridized carbons (Fsp3) is 0.588. The fourth-order valence-corrected chi connectivity index (χ4v) is 3.50. The largest absolute Gasteiger partial charge is 0.399 e. The molecule has 1 amide bonds. The lowest BCUT2D eigenvalue weighted by molar-refractivity contribution is 0.0673. The Bertz CT molecular complexity index is 489. The minimum Gasteiger partial charge on any atom is -0.399 e. The van der Waals surface area contributed by atoms with Crippen LogP contribution in [0.15, 0.2) is 24.3 Å². The van der Waals surface area contributed by atoms with E-state index in [2.05, 4.69) is 4.90 Å². The highest BCUT2D eigenvalue weighted by atomic mass is 16.2. The SMILES string of the molecule is Nc1cccc(C(=O)N2CCC(CN3CCCC3)CC2)c1. The molecule has 21 heavy (non-hydrogen) atoms. The average Bonchev–Trinajstić information content (AvgIpc) is 3.00. The van der Waals surface area contributed by atoms with Gasteiger partial charge in [0.1, 0.15) is 0 Å². The van der Waals surface area contributed by atoms with Crippen LogP contribution in [0.25, 0.3) is 0 Å². The van der Waals surface area contributed by atoms with Crippen molar-refractivity contribution in [2.75, 3.05) is 38.5 Å². The normalized spacial score (nSPS) is 20.9. The van der Waals surface area contributed by atoms with Crippen LogP contribution in [0.4, 0.5) is 5.69 Å². The maximum Gasteiger partial charge on any atom is 0.253 e. The maximum absolute atomic E-state index is 12.5. The molecule has 1 aromatic carbocycles. The summed E-state index contributed by atoms with van der Waals surface area (Å²) in [6.45, 7) is 5.52. The third-order valence-corrected chi connectivity index (χ3v) is 4.75. The Balaban J connectivity index is 1.52. The van der Waals surface area contributed by atoms with Crippen LogP contribution in [-0.2, 0) is 0 Å². The number of anilines is 1. The van der Waals surface area contributed by atoms with Crippen molar-refractivity contribution in [3.05, 3.63) is 29.8 Å². The molecular weight excluding hydrogens is 262 g/mol. The van der Waals surface area contributed by atoms with Crippen molar-refractivity contribution in [3.8, 4) is 0 Å². The van der Waals surface area contributed by atoms with Crippen LogP contribution in [-0.4, -0.2) is 48.4 Å². The molecule has 2 aliphatic heterocycles. The van der Waals surface area contributed by atoms with E-state index in [1.165, 1.54) is 32.5 Å². The summed E-state index contributed by atoms with van der Waals surface area (Å²) in [5.41, 5.74) is 7.14. The second-order valence-electron chi connectivity index (χ2n) is 6.37. The molecule has 114 valence electrons. The number of amides is 1. The molecule has 0 aromatic heterocycles. The van der Waals surface area contributed by atoms with Gasteiger partial charge < -0.3 is 15.5 Å². The zero-order chi connectivity index (χ0) is 14.7. The fourth-order valence-electron chi connectivity index (χ4n) is 3.50. The molecule has 2 heterocycles. The third-order valence-electron chi connectivity index (χ3n) is 4.75. The molecule has 4 nitrogen and oxygen atoms in total. The van der Waals surface area contributed by atoms with Gasteiger partial charge in [-0.3, -0.25) is 4.79 Å². The number of carbonyl (C=O) groups excluding carboxylic acids is 1. The van der Waals surface area contributed by atoms with E-state index in [0.717, 1.165) is 31.8 Å². The van der Waals surface area contributed by atoms with Crippen molar-refractivity contribution in [3.63, 3.8) is 0 Å². The van der Waals surface area contributed by atoms with E-state index < -0.39 is 0 Å². The third kappa shape index (κ3) is 3.56. The Labute approximate surface area is 126 Å². The first-order valence-corrected chi connectivity index (χ1v) is 8.09. The summed E-state index contributed by atoms with van der Waals surface area (Å²) in [7, 11) is 0. The highest BCUT2D eigenvalue weighted by Crippen LogP contribution is 2.22. The molecule has 0 saturated carbocycles. The van der Waals surface area contributed by atoms with Gasteiger partial charge in [-0.1, -0.05) is 6.07 Å². The first kappa shape index (κ1) is 14.4. The van der Waals surface area contributed by atoms with Crippen LogP contribution in [0.5, 0.6) is 0 Å². The lowest BCUT2D eigenvalue weighted by Crippen LogP contribution is -2.41. The van der Waals surface area contributed by atoms with Crippen molar-refractivity contribution >= 4 is 11.6 Å². The number of benzene rings is 1. The summed E-state index contributed by atoms with van der Waals surface area (Å²) in [5.74, 6) is 0.884. The van der Waals surface area contributed by atoms with Gasteiger partial charge >= 0.3 is 0 Å². The van der Waals surface area contributed by atoms with Crippen LogP contribution in [0, 0.1) is 5.92 Å². The molecule has 1 aromatic rings. The molecule has 4 heteroatoms. The Morgan fingerprint density at radius 3 is 2.52 bits per heavy atom. The smallest absolute Gasteiger partial charge is 0.253 e. The minimum absolute atomic E-state index is 0.127. The number of hydrogen-bond donors (Lipinski definition) is 1. The minimum atomic E-state index is 0.127. The summed E-state index contributed by atoms with van der Waals surface area (Å²) in [4.78, 5) is 17.0. The predicted molar refractivity (Wildman–Crippen MR) is 85.2 cm³/mol. The maximum atomic E-state index is 12.5. The van der Waals surface area contributed by atoms with Gasteiger partial charge in [0.15, 0.2) is 0 Å². The Morgan fingerprint density at radius 2 is 1.86 bits per heavy atom. The summed E-state index contributed by atoms with van der Waals surface area (Å²) >= 11 is 0. The number of likely N-dealkylation sites (tertiary alicyclic amines) is 2. The molecule has 2 aliphatic rings. The zero-order valence-electron chi connectivity index (χ0n) is 12.6. The number of nitrogens with zero attached hydrogens (tertiary/aromatic N) is 2. The lowest BCUT2D eigenvalue weighted by atomic mass is 9.95. The summed E-state index contributed by atoms with van der Waals surface area (Å²) in [5, 5.41) is 0. The van der Waals surface area contributed by atoms with Gasteiger partial charge in [0.25, 0.3) is 5.91 Å². The Kier molecular flexibility index (Phi) is 4.44. The van der Waals surface area contributed by atoms with Crippen molar-refractivity contribution in [1.82, 2.24) is 9.80 Å². The molecule has 2 N–H and O–H groups in total. The van der Waals surface area contributed by atoms with Crippen LogP contribution in [0.2, 0.25) is 0 Å². The highest BCUT2D eigenvalue weighted by molar-refractivity contribution is 5.95. The Morgan fingerprint density at radius 1 is 1.14 bits per heavy atom. The predicted octanol–water partition coefficient (Wildman–Crippen LogP) is 2.22. The molecule has 0 radical (unpaired) electrons. The highest BCUT2D eigenvalue weighted by Gasteiger charge is 2.25. The molecule has 0 atom stereocenters. The molecular formula is C17H25N3O. The van der Waals surface area contributed by atoms with Gasteiger partial charge in [0.2, 0.25) is 0 Å². The van der Waals surface area contributed by atoms with E-state index >= 15 is 0 Å². The summed E-state index contributed by atoms with van der Waals surface area (Å²) < 4.78 is 0. The Hall–Kier alpha value is -1.55. The zero-order valence-corrected chi connectivity index (χ0v) is 12.6. The van der Waals surface area contributed by atoms with Gasteiger partial charge in [-0.15, -0.1) is 0 Å². The lowest BCUT2D eigenvalue weighted by Gasteiger charge is -2.34. The van der Waals surface area contributed by atoms with Crippen molar-refractivity contribution in [2.24, 2.45) is 5.92 Å².